The molecule has 0 unspecified atom stereocenters. The van der Waals surface area contributed by atoms with Gasteiger partial charge in [-0.2, -0.15) is 5.26 Å². The second-order valence-corrected chi connectivity index (χ2v) is 9.43. The fourth-order valence-corrected chi connectivity index (χ4v) is 5.67. The number of rotatable bonds is 5. The summed E-state index contributed by atoms with van der Waals surface area (Å²) in [5.74, 6) is 0.0337. The molecule has 1 aliphatic heterocycles. The minimum atomic E-state index is -0.0478. The van der Waals surface area contributed by atoms with Gasteiger partial charge in [0, 0.05) is 43.0 Å². The highest BCUT2D eigenvalue weighted by Crippen LogP contribution is 2.38. The van der Waals surface area contributed by atoms with Crippen molar-refractivity contribution in [2.24, 2.45) is 0 Å². The zero-order chi connectivity index (χ0) is 21.8. The first-order valence-corrected chi connectivity index (χ1v) is 11.8. The van der Waals surface area contributed by atoms with Gasteiger partial charge >= 0.3 is 0 Å². The van der Waals surface area contributed by atoms with Crippen molar-refractivity contribution in [3.63, 3.8) is 0 Å². The maximum Gasteiger partial charge on any atom is 0.253 e. The molecule has 0 atom stereocenters. The number of carbonyl (C=O) groups excluding carboxylic acids is 2. The van der Waals surface area contributed by atoms with Gasteiger partial charge in [-0.1, -0.05) is 17.7 Å². The summed E-state index contributed by atoms with van der Waals surface area (Å²) >= 11 is 1.56. The molecule has 0 bridgehead atoms. The van der Waals surface area contributed by atoms with Crippen LogP contribution in [-0.4, -0.2) is 54.3 Å². The number of amides is 2. The second-order valence-electron chi connectivity index (χ2n) is 8.33. The molecule has 4 rings (SSSR count). The molecule has 2 aliphatic rings. The third kappa shape index (κ3) is 4.97. The molecule has 6 nitrogen and oxygen atoms in total. The van der Waals surface area contributed by atoms with Crippen molar-refractivity contribution in [2.45, 2.75) is 39.0 Å². The van der Waals surface area contributed by atoms with Gasteiger partial charge in [-0.15, -0.1) is 11.3 Å². The molecule has 2 amide bonds. The van der Waals surface area contributed by atoms with Crippen LogP contribution in [0.25, 0.3) is 0 Å². The van der Waals surface area contributed by atoms with Crippen molar-refractivity contribution in [2.75, 3.05) is 38.0 Å². The average Bonchev–Trinajstić information content (AvgIpc) is 3.24. The van der Waals surface area contributed by atoms with E-state index in [4.69, 9.17) is 0 Å². The van der Waals surface area contributed by atoms with Crippen LogP contribution in [0.5, 0.6) is 0 Å². The number of hydrogen-bond acceptors (Lipinski definition) is 5. The molecule has 31 heavy (non-hydrogen) atoms. The molecule has 2 heterocycles. The number of thiophene rings is 1. The van der Waals surface area contributed by atoms with Crippen molar-refractivity contribution in [3.8, 4) is 6.07 Å². The number of anilines is 1. The van der Waals surface area contributed by atoms with E-state index in [9.17, 15) is 14.9 Å². The van der Waals surface area contributed by atoms with E-state index in [0.29, 0.717) is 30.1 Å². The summed E-state index contributed by atoms with van der Waals surface area (Å²) < 4.78 is 0. The highest BCUT2D eigenvalue weighted by atomic mass is 32.1. The van der Waals surface area contributed by atoms with Crippen LogP contribution in [-0.2, 0) is 17.6 Å². The number of hydrogen-bond donors (Lipinski definition) is 1. The number of nitriles is 1. The average molecular weight is 437 g/mol. The van der Waals surface area contributed by atoms with Crippen LogP contribution in [0.15, 0.2) is 24.3 Å². The molecule has 1 aliphatic carbocycles. The quantitative estimate of drug-likeness (QED) is 0.777. The van der Waals surface area contributed by atoms with E-state index in [-0.39, 0.29) is 11.8 Å². The number of carbonyl (C=O) groups is 2. The van der Waals surface area contributed by atoms with Crippen molar-refractivity contribution < 1.29 is 9.59 Å². The monoisotopic (exact) mass is 436 g/mol. The van der Waals surface area contributed by atoms with E-state index in [1.165, 1.54) is 4.88 Å². The Bertz CT molecular complexity index is 1020. The third-order valence-corrected chi connectivity index (χ3v) is 7.29. The minimum absolute atomic E-state index is 0.0478. The Morgan fingerprint density at radius 1 is 1.16 bits per heavy atom. The predicted molar refractivity (Wildman–Crippen MR) is 122 cm³/mol. The molecule has 162 valence electrons. The molecule has 7 heteroatoms. The standard InChI is InChI=1S/C24H28N4O2S/c1-17-5-2-6-18(15-17)24(30)28-11-4-10-27(13-14-28)12-9-22(29)26-23-20(16-25)19-7-3-8-21(19)31-23/h2,5-6,15H,3-4,7-14H2,1H3,(H,26,29). The van der Waals surface area contributed by atoms with Gasteiger partial charge in [-0.05, 0) is 56.8 Å². The lowest BCUT2D eigenvalue weighted by atomic mass is 10.1. The van der Waals surface area contributed by atoms with Gasteiger partial charge in [0.05, 0.1) is 5.56 Å². The number of fused-ring (bicyclic) bond motifs is 1. The first kappa shape index (κ1) is 21.5. The van der Waals surface area contributed by atoms with Crippen LogP contribution < -0.4 is 5.32 Å². The summed E-state index contributed by atoms with van der Waals surface area (Å²) in [5, 5.41) is 13.2. The van der Waals surface area contributed by atoms with E-state index in [2.05, 4.69) is 16.3 Å². The molecule has 1 aromatic carbocycles. The van der Waals surface area contributed by atoms with Gasteiger partial charge in [-0.3, -0.25) is 9.59 Å². The summed E-state index contributed by atoms with van der Waals surface area (Å²) in [6.07, 6.45) is 4.34. The molecular formula is C24H28N4O2S. The SMILES string of the molecule is Cc1cccc(C(=O)N2CCCN(CCC(=O)Nc3sc4c(c3C#N)CCC4)CC2)c1. The van der Waals surface area contributed by atoms with Crippen LogP contribution in [0.2, 0.25) is 0 Å². The fourth-order valence-electron chi connectivity index (χ4n) is 4.42. The molecule has 2 aromatic rings. The number of benzene rings is 1. The van der Waals surface area contributed by atoms with Crippen molar-refractivity contribution in [1.82, 2.24) is 9.80 Å². The van der Waals surface area contributed by atoms with Gasteiger partial charge in [0.1, 0.15) is 11.1 Å². The number of aryl methyl sites for hydroxylation is 2. The van der Waals surface area contributed by atoms with E-state index in [1.807, 2.05) is 36.1 Å². The summed E-state index contributed by atoms with van der Waals surface area (Å²) in [4.78, 5) is 30.8. The highest BCUT2D eigenvalue weighted by molar-refractivity contribution is 7.16. The van der Waals surface area contributed by atoms with Gasteiger partial charge in [0.25, 0.3) is 5.91 Å². The fraction of sp³-hybridized carbons (Fsp3) is 0.458. The molecule has 1 fully saturated rings. The van der Waals surface area contributed by atoms with Crippen LogP contribution in [0.1, 0.15) is 51.2 Å². The maximum absolute atomic E-state index is 12.8. The number of nitrogens with zero attached hydrogens (tertiary/aromatic N) is 3. The zero-order valence-corrected chi connectivity index (χ0v) is 18.8. The normalized spacial score (nSPS) is 16.5. The van der Waals surface area contributed by atoms with Crippen LogP contribution >= 0.6 is 11.3 Å². The van der Waals surface area contributed by atoms with Crippen molar-refractivity contribution in [3.05, 3.63) is 51.4 Å². The molecule has 0 radical (unpaired) electrons. The lowest BCUT2D eigenvalue weighted by Gasteiger charge is -2.22. The summed E-state index contributed by atoms with van der Waals surface area (Å²) in [5.41, 5.74) is 3.62. The molecule has 0 saturated carbocycles. The van der Waals surface area contributed by atoms with E-state index in [0.717, 1.165) is 62.0 Å². The largest absolute Gasteiger partial charge is 0.337 e. The van der Waals surface area contributed by atoms with Gasteiger partial charge in [-0.25, -0.2) is 0 Å². The highest BCUT2D eigenvalue weighted by Gasteiger charge is 2.24. The Morgan fingerprint density at radius 2 is 2.03 bits per heavy atom. The van der Waals surface area contributed by atoms with Gasteiger partial charge in [0.2, 0.25) is 5.91 Å². The predicted octanol–water partition coefficient (Wildman–Crippen LogP) is 3.59. The Balaban J connectivity index is 1.28. The van der Waals surface area contributed by atoms with Crippen molar-refractivity contribution >= 4 is 28.2 Å². The lowest BCUT2D eigenvalue weighted by Crippen LogP contribution is -2.36. The molecular weight excluding hydrogens is 408 g/mol. The molecule has 1 saturated heterocycles. The first-order valence-electron chi connectivity index (χ1n) is 11.0. The third-order valence-electron chi connectivity index (χ3n) is 6.08. The Hall–Kier alpha value is -2.69. The zero-order valence-electron chi connectivity index (χ0n) is 17.9. The maximum atomic E-state index is 12.8. The molecule has 1 aromatic heterocycles. The lowest BCUT2D eigenvalue weighted by molar-refractivity contribution is -0.116. The summed E-state index contributed by atoms with van der Waals surface area (Å²) in [6, 6.07) is 10.0. The van der Waals surface area contributed by atoms with E-state index in [1.54, 1.807) is 11.3 Å². The minimum Gasteiger partial charge on any atom is -0.337 e. The smallest absolute Gasteiger partial charge is 0.253 e. The topological polar surface area (TPSA) is 76.4 Å². The summed E-state index contributed by atoms with van der Waals surface area (Å²) in [6.45, 7) is 5.70. The second kappa shape index (κ2) is 9.63. The Morgan fingerprint density at radius 3 is 2.84 bits per heavy atom. The first-order chi connectivity index (χ1) is 15.0. The van der Waals surface area contributed by atoms with E-state index < -0.39 is 0 Å². The molecule has 1 N–H and O–H groups in total. The van der Waals surface area contributed by atoms with Crippen LogP contribution in [0, 0.1) is 18.3 Å². The number of nitrogens with one attached hydrogen (secondary N) is 1. The molecule has 0 spiro atoms. The van der Waals surface area contributed by atoms with E-state index >= 15 is 0 Å². The van der Waals surface area contributed by atoms with Crippen LogP contribution in [0.4, 0.5) is 5.00 Å². The van der Waals surface area contributed by atoms with Gasteiger partial charge < -0.3 is 15.1 Å². The van der Waals surface area contributed by atoms with Crippen LogP contribution in [0.3, 0.4) is 0 Å². The Kier molecular flexibility index (Phi) is 6.69. The summed E-state index contributed by atoms with van der Waals surface area (Å²) in [7, 11) is 0. The Labute approximate surface area is 187 Å². The van der Waals surface area contributed by atoms with Crippen molar-refractivity contribution in [1.29, 1.82) is 5.26 Å². The van der Waals surface area contributed by atoms with Gasteiger partial charge in [0.15, 0.2) is 0 Å².